The van der Waals surface area contributed by atoms with Gasteiger partial charge in [0.25, 0.3) is 5.91 Å². The number of likely N-dealkylation sites (tertiary alicyclic amines) is 1. The van der Waals surface area contributed by atoms with Crippen LogP contribution in [0.1, 0.15) is 35.4 Å². The van der Waals surface area contributed by atoms with Gasteiger partial charge in [0.1, 0.15) is 5.58 Å². The molecule has 0 bridgehead atoms. The van der Waals surface area contributed by atoms with Crippen molar-refractivity contribution < 1.29 is 19.1 Å². The van der Waals surface area contributed by atoms with Gasteiger partial charge in [0.2, 0.25) is 0 Å². The maximum atomic E-state index is 12.8. The number of hydrogen-bond acceptors (Lipinski definition) is 3. The molecule has 1 amide bonds. The van der Waals surface area contributed by atoms with Gasteiger partial charge in [-0.15, -0.1) is 0 Å². The van der Waals surface area contributed by atoms with E-state index in [0.29, 0.717) is 24.4 Å². The lowest BCUT2D eigenvalue weighted by molar-refractivity contribution is -0.139. The fraction of sp³-hybridized carbons (Fsp3) is 0.444. The van der Waals surface area contributed by atoms with Crippen molar-refractivity contribution in [3.63, 3.8) is 0 Å². The third kappa shape index (κ3) is 2.35. The van der Waals surface area contributed by atoms with Crippen LogP contribution in [-0.2, 0) is 4.79 Å². The van der Waals surface area contributed by atoms with E-state index in [4.69, 9.17) is 9.52 Å². The number of benzene rings is 1. The molecule has 2 heterocycles. The summed E-state index contributed by atoms with van der Waals surface area (Å²) in [5, 5.41) is 10.1. The Morgan fingerprint density at radius 2 is 2.04 bits per heavy atom. The molecule has 2 fully saturated rings. The molecule has 1 aromatic carbocycles. The Hall–Kier alpha value is -1.82. The highest BCUT2D eigenvalue weighted by molar-refractivity contribution is 9.10. The minimum atomic E-state index is -0.700. The monoisotopic (exact) mass is 391 g/mol. The zero-order valence-electron chi connectivity index (χ0n) is 13.3. The van der Waals surface area contributed by atoms with Gasteiger partial charge in [-0.1, -0.05) is 15.9 Å². The van der Waals surface area contributed by atoms with Crippen molar-refractivity contribution in [2.24, 2.45) is 11.3 Å². The SMILES string of the molecule is Cc1c(C(=O)N2CCC3(CC2)CC3C(=O)O)oc2ccc(Br)cc12. The fourth-order valence-corrected chi connectivity index (χ4v) is 4.31. The summed E-state index contributed by atoms with van der Waals surface area (Å²) in [4.78, 5) is 25.8. The molecule has 1 N–H and O–H groups in total. The molecule has 0 radical (unpaired) electrons. The van der Waals surface area contributed by atoms with Crippen LogP contribution in [-0.4, -0.2) is 35.0 Å². The van der Waals surface area contributed by atoms with Gasteiger partial charge in [-0.05, 0) is 49.8 Å². The Labute approximate surface area is 147 Å². The maximum absolute atomic E-state index is 12.8. The van der Waals surface area contributed by atoms with Gasteiger partial charge < -0.3 is 14.4 Å². The number of carbonyl (C=O) groups is 2. The highest BCUT2D eigenvalue weighted by atomic mass is 79.9. The first-order valence-corrected chi connectivity index (χ1v) is 8.91. The van der Waals surface area contributed by atoms with E-state index in [0.717, 1.165) is 34.7 Å². The highest BCUT2D eigenvalue weighted by Gasteiger charge is 2.59. The van der Waals surface area contributed by atoms with E-state index in [1.807, 2.05) is 25.1 Å². The summed E-state index contributed by atoms with van der Waals surface area (Å²) in [6.45, 7) is 3.10. The Morgan fingerprint density at radius 3 is 2.67 bits per heavy atom. The number of aliphatic carboxylic acids is 1. The maximum Gasteiger partial charge on any atom is 0.307 e. The van der Waals surface area contributed by atoms with Crippen LogP contribution in [0.4, 0.5) is 0 Å². The van der Waals surface area contributed by atoms with Crippen molar-refractivity contribution in [3.05, 3.63) is 34.0 Å². The van der Waals surface area contributed by atoms with Crippen LogP contribution in [0.5, 0.6) is 0 Å². The zero-order chi connectivity index (χ0) is 17.1. The molecule has 126 valence electrons. The van der Waals surface area contributed by atoms with Crippen molar-refractivity contribution in [1.82, 2.24) is 4.90 Å². The quantitative estimate of drug-likeness (QED) is 0.844. The van der Waals surface area contributed by atoms with Crippen molar-refractivity contribution in [2.45, 2.75) is 26.2 Å². The van der Waals surface area contributed by atoms with Gasteiger partial charge in [0.05, 0.1) is 5.92 Å². The molecule has 1 aromatic heterocycles. The first-order chi connectivity index (χ1) is 11.4. The molecular formula is C18H18BrNO4. The largest absolute Gasteiger partial charge is 0.481 e. The zero-order valence-corrected chi connectivity index (χ0v) is 14.9. The third-order valence-electron chi connectivity index (χ3n) is 5.63. The summed E-state index contributed by atoms with van der Waals surface area (Å²) in [5.74, 6) is -0.625. The van der Waals surface area contributed by atoms with Crippen LogP contribution < -0.4 is 0 Å². The second-order valence-corrected chi connectivity index (χ2v) is 7.86. The number of carboxylic acids is 1. The number of rotatable bonds is 2. The molecule has 1 atom stereocenters. The lowest BCUT2D eigenvalue weighted by Gasteiger charge is -2.32. The molecular weight excluding hydrogens is 374 g/mol. The topological polar surface area (TPSA) is 70.8 Å². The van der Waals surface area contributed by atoms with E-state index < -0.39 is 5.97 Å². The first-order valence-electron chi connectivity index (χ1n) is 8.12. The molecule has 1 aliphatic heterocycles. The van der Waals surface area contributed by atoms with Gasteiger partial charge >= 0.3 is 5.97 Å². The number of halogens is 1. The van der Waals surface area contributed by atoms with Gasteiger partial charge in [0, 0.05) is 28.5 Å². The van der Waals surface area contributed by atoms with E-state index >= 15 is 0 Å². The van der Waals surface area contributed by atoms with Crippen LogP contribution in [0.3, 0.4) is 0 Å². The van der Waals surface area contributed by atoms with Crippen molar-refractivity contribution in [1.29, 1.82) is 0 Å². The standard InChI is InChI=1S/C18H18BrNO4/c1-10-12-8-11(19)2-3-14(12)24-15(10)16(21)20-6-4-18(5-7-20)9-13(18)17(22)23/h2-3,8,13H,4-7,9H2,1H3,(H,22,23). The Bertz CT molecular complexity index is 848. The molecule has 2 aromatic rings. The number of carboxylic acid groups (broad SMARTS) is 1. The predicted octanol–water partition coefficient (Wildman–Crippen LogP) is 3.83. The highest BCUT2D eigenvalue weighted by Crippen LogP contribution is 2.59. The Morgan fingerprint density at radius 1 is 1.33 bits per heavy atom. The van der Waals surface area contributed by atoms with Crippen molar-refractivity contribution in [3.8, 4) is 0 Å². The minimum Gasteiger partial charge on any atom is -0.481 e. The average Bonchev–Trinajstić information content (AvgIpc) is 3.17. The summed E-state index contributed by atoms with van der Waals surface area (Å²) in [6.07, 6.45) is 2.28. The second kappa shape index (κ2) is 5.34. The average molecular weight is 392 g/mol. The Kier molecular flexibility index (Phi) is 3.49. The molecule has 2 aliphatic rings. The smallest absolute Gasteiger partial charge is 0.307 e. The predicted molar refractivity (Wildman–Crippen MR) is 92.0 cm³/mol. The molecule has 1 saturated heterocycles. The van der Waals surface area contributed by atoms with Crippen LogP contribution in [0.15, 0.2) is 27.1 Å². The van der Waals surface area contributed by atoms with Crippen molar-refractivity contribution >= 4 is 38.8 Å². The molecule has 6 heteroatoms. The van der Waals surface area contributed by atoms with E-state index in [9.17, 15) is 9.59 Å². The van der Waals surface area contributed by atoms with E-state index in [-0.39, 0.29) is 17.2 Å². The normalized spacial score (nSPS) is 22.1. The van der Waals surface area contributed by atoms with Crippen LogP contribution in [0.2, 0.25) is 0 Å². The summed E-state index contributed by atoms with van der Waals surface area (Å²) in [5.41, 5.74) is 1.49. The molecule has 1 aliphatic carbocycles. The summed E-state index contributed by atoms with van der Waals surface area (Å²) >= 11 is 3.44. The number of amides is 1. The lowest BCUT2D eigenvalue weighted by Crippen LogP contribution is -2.40. The van der Waals surface area contributed by atoms with Gasteiger partial charge in [-0.3, -0.25) is 9.59 Å². The molecule has 4 rings (SSSR count). The fourth-order valence-electron chi connectivity index (χ4n) is 3.95. The summed E-state index contributed by atoms with van der Waals surface area (Å²) in [6, 6.07) is 5.71. The summed E-state index contributed by atoms with van der Waals surface area (Å²) in [7, 11) is 0. The van der Waals surface area contributed by atoms with Gasteiger partial charge in [0.15, 0.2) is 5.76 Å². The van der Waals surface area contributed by atoms with E-state index in [1.54, 1.807) is 4.90 Å². The van der Waals surface area contributed by atoms with E-state index in [1.165, 1.54) is 0 Å². The number of carbonyl (C=O) groups excluding carboxylic acids is 1. The minimum absolute atomic E-state index is 0.0730. The van der Waals surface area contributed by atoms with Gasteiger partial charge in [-0.2, -0.15) is 0 Å². The van der Waals surface area contributed by atoms with Crippen LogP contribution in [0.25, 0.3) is 11.0 Å². The number of aryl methyl sites for hydroxylation is 1. The van der Waals surface area contributed by atoms with Crippen LogP contribution >= 0.6 is 15.9 Å². The summed E-state index contributed by atoms with van der Waals surface area (Å²) < 4.78 is 6.74. The number of nitrogens with zero attached hydrogens (tertiary/aromatic N) is 1. The molecule has 24 heavy (non-hydrogen) atoms. The number of furan rings is 1. The number of fused-ring (bicyclic) bond motifs is 1. The molecule has 1 spiro atoms. The number of piperidine rings is 1. The van der Waals surface area contributed by atoms with E-state index in [2.05, 4.69) is 15.9 Å². The van der Waals surface area contributed by atoms with Crippen LogP contribution in [0, 0.1) is 18.3 Å². The molecule has 1 saturated carbocycles. The Balaban J connectivity index is 1.53. The molecule has 5 nitrogen and oxygen atoms in total. The number of hydrogen-bond donors (Lipinski definition) is 1. The van der Waals surface area contributed by atoms with Crippen molar-refractivity contribution in [2.75, 3.05) is 13.1 Å². The lowest BCUT2D eigenvalue weighted by atomic mass is 9.90. The first kappa shape index (κ1) is 15.7. The van der Waals surface area contributed by atoms with Gasteiger partial charge in [-0.25, -0.2) is 0 Å². The molecule has 1 unspecified atom stereocenters. The second-order valence-electron chi connectivity index (χ2n) is 6.95. The third-order valence-corrected chi connectivity index (χ3v) is 6.12.